The van der Waals surface area contributed by atoms with E-state index >= 15 is 0 Å². The number of carbonyl (C=O) groups excluding carboxylic acids is 2. The normalized spacial score (nSPS) is 22.7. The van der Waals surface area contributed by atoms with Crippen LogP contribution < -0.4 is 14.4 Å². The van der Waals surface area contributed by atoms with Gasteiger partial charge in [-0.05, 0) is 75.9 Å². The molecule has 35 heavy (non-hydrogen) atoms. The number of aryl methyl sites for hydroxylation is 1. The van der Waals surface area contributed by atoms with E-state index in [0.29, 0.717) is 22.4 Å². The first kappa shape index (κ1) is 23.5. The Bertz CT molecular complexity index is 1200. The monoisotopic (exact) mass is 491 g/mol. The fourth-order valence-electron chi connectivity index (χ4n) is 4.79. The highest BCUT2D eigenvalue weighted by molar-refractivity contribution is 8.14. The Kier molecular flexibility index (Phi) is 6.56. The number of anilines is 1. The molecule has 2 aromatic carbocycles. The highest BCUT2D eigenvalue weighted by Gasteiger charge is 2.34. The van der Waals surface area contributed by atoms with Crippen LogP contribution in [-0.4, -0.2) is 46.5 Å². The molecule has 3 aliphatic rings. The smallest absolute Gasteiger partial charge is 0.283 e. The van der Waals surface area contributed by atoms with Crippen LogP contribution in [0.25, 0.3) is 6.08 Å². The Morgan fingerprint density at radius 2 is 1.80 bits per heavy atom. The second-order valence-corrected chi connectivity index (χ2v) is 10.2. The molecule has 2 atom stereocenters. The highest BCUT2D eigenvalue weighted by atomic mass is 32.2. The van der Waals surface area contributed by atoms with Gasteiger partial charge in [-0.1, -0.05) is 35.5 Å². The average molecular weight is 492 g/mol. The highest BCUT2D eigenvalue weighted by Crippen LogP contribution is 2.35. The summed E-state index contributed by atoms with van der Waals surface area (Å²) in [4.78, 5) is 34.9. The number of rotatable bonds is 4. The topological polar surface area (TPSA) is 71.4 Å². The van der Waals surface area contributed by atoms with Crippen LogP contribution in [0.2, 0.25) is 0 Å². The summed E-state index contributed by atoms with van der Waals surface area (Å²) in [6.45, 7) is 6.42. The third kappa shape index (κ3) is 4.80. The van der Waals surface area contributed by atoms with Gasteiger partial charge in [-0.15, -0.1) is 0 Å². The van der Waals surface area contributed by atoms with E-state index in [1.807, 2.05) is 54.3 Å². The van der Waals surface area contributed by atoms with Gasteiger partial charge in [0, 0.05) is 12.1 Å². The number of thioether (sulfide) groups is 1. The van der Waals surface area contributed by atoms with Crippen molar-refractivity contribution < 1.29 is 19.1 Å². The Hall–Kier alpha value is -3.26. The van der Waals surface area contributed by atoms with Crippen molar-refractivity contribution >= 4 is 40.5 Å². The van der Waals surface area contributed by atoms with E-state index in [1.54, 1.807) is 11.0 Å². The second-order valence-electron chi connectivity index (χ2n) is 9.23. The molecule has 0 bridgehead atoms. The molecule has 0 aliphatic carbocycles. The summed E-state index contributed by atoms with van der Waals surface area (Å²) in [6.07, 6.45) is 4.95. The molecule has 7 nitrogen and oxygen atoms in total. The van der Waals surface area contributed by atoms with E-state index < -0.39 is 0 Å². The van der Waals surface area contributed by atoms with Gasteiger partial charge in [-0.25, -0.2) is 4.99 Å². The Morgan fingerprint density at radius 1 is 1.09 bits per heavy atom. The minimum atomic E-state index is -0.221. The number of piperidine rings is 1. The van der Waals surface area contributed by atoms with Crippen molar-refractivity contribution in [2.24, 2.45) is 4.99 Å². The molecule has 3 aliphatic heterocycles. The van der Waals surface area contributed by atoms with Gasteiger partial charge in [-0.2, -0.15) is 0 Å². The second kappa shape index (κ2) is 9.77. The van der Waals surface area contributed by atoms with Gasteiger partial charge in [-0.3, -0.25) is 14.5 Å². The van der Waals surface area contributed by atoms with Crippen LogP contribution in [-0.2, 0) is 9.59 Å². The van der Waals surface area contributed by atoms with Crippen LogP contribution >= 0.6 is 11.8 Å². The minimum Gasteiger partial charge on any atom is -0.454 e. The van der Waals surface area contributed by atoms with Gasteiger partial charge in [0.25, 0.3) is 5.91 Å². The van der Waals surface area contributed by atoms with Crippen molar-refractivity contribution in [2.45, 2.75) is 52.1 Å². The number of ether oxygens (including phenoxy) is 2. The van der Waals surface area contributed by atoms with Gasteiger partial charge < -0.3 is 14.4 Å². The predicted molar refractivity (Wildman–Crippen MR) is 139 cm³/mol. The number of carbonyl (C=O) groups is 2. The molecule has 0 spiro atoms. The third-order valence-electron chi connectivity index (χ3n) is 6.63. The van der Waals surface area contributed by atoms with Gasteiger partial charge in [0.05, 0.1) is 11.4 Å². The number of benzene rings is 2. The number of nitrogens with zero attached hydrogens (tertiary/aromatic N) is 3. The number of hydrogen-bond donors (Lipinski definition) is 0. The zero-order valence-electron chi connectivity index (χ0n) is 20.2. The van der Waals surface area contributed by atoms with E-state index in [0.717, 1.165) is 36.1 Å². The number of hydrogen-bond acceptors (Lipinski definition) is 6. The molecule has 0 N–H and O–H groups in total. The fraction of sp³-hybridized carbons (Fsp3) is 0.370. The third-order valence-corrected chi connectivity index (χ3v) is 7.55. The summed E-state index contributed by atoms with van der Waals surface area (Å²) in [6, 6.07) is 13.7. The van der Waals surface area contributed by atoms with Crippen LogP contribution in [0, 0.1) is 6.92 Å². The van der Waals surface area contributed by atoms with E-state index in [1.165, 1.54) is 11.8 Å². The number of fused-ring (bicyclic) bond motifs is 1. The van der Waals surface area contributed by atoms with Crippen LogP contribution in [0.5, 0.6) is 11.5 Å². The SMILES string of the molecule is Cc1ccc(N2C(=O)/C(=C/c3ccc4c(c3)OCO4)N=C2SCC(=O)N2C(C)CCCC2C)cc1. The maximum Gasteiger partial charge on any atom is 0.283 e. The van der Waals surface area contributed by atoms with E-state index in [2.05, 4.69) is 18.8 Å². The summed E-state index contributed by atoms with van der Waals surface area (Å²) >= 11 is 1.31. The molecular formula is C27H29N3O4S. The van der Waals surface area contributed by atoms with Crippen LogP contribution in [0.3, 0.4) is 0 Å². The molecule has 5 rings (SSSR count). The molecule has 1 saturated heterocycles. The summed E-state index contributed by atoms with van der Waals surface area (Å²) in [5.74, 6) is 1.43. The van der Waals surface area contributed by atoms with Crippen molar-refractivity contribution in [2.75, 3.05) is 17.4 Å². The Balaban J connectivity index is 1.41. The fourth-order valence-corrected chi connectivity index (χ4v) is 5.67. The zero-order valence-corrected chi connectivity index (χ0v) is 21.0. The van der Waals surface area contributed by atoms with Crippen LogP contribution in [0.4, 0.5) is 5.69 Å². The molecule has 0 aromatic heterocycles. The Morgan fingerprint density at radius 3 is 2.54 bits per heavy atom. The molecule has 0 radical (unpaired) electrons. The molecule has 2 amide bonds. The van der Waals surface area contributed by atoms with Gasteiger partial charge in [0.15, 0.2) is 16.7 Å². The molecule has 0 saturated carbocycles. The molecule has 1 fully saturated rings. The number of likely N-dealkylation sites (tertiary alicyclic amines) is 1. The average Bonchev–Trinajstić information content (AvgIpc) is 3.42. The van der Waals surface area contributed by atoms with Crippen molar-refractivity contribution in [3.05, 3.63) is 59.3 Å². The molecule has 2 aromatic rings. The minimum absolute atomic E-state index is 0.0851. The quantitative estimate of drug-likeness (QED) is 0.564. The van der Waals surface area contributed by atoms with E-state index in [4.69, 9.17) is 9.47 Å². The lowest BCUT2D eigenvalue weighted by Gasteiger charge is -2.39. The van der Waals surface area contributed by atoms with Crippen molar-refractivity contribution in [3.8, 4) is 11.5 Å². The van der Waals surface area contributed by atoms with Crippen molar-refractivity contribution in [1.82, 2.24) is 4.90 Å². The molecule has 182 valence electrons. The van der Waals surface area contributed by atoms with Gasteiger partial charge >= 0.3 is 0 Å². The Labute approximate surface area is 209 Å². The maximum atomic E-state index is 13.5. The van der Waals surface area contributed by atoms with Crippen molar-refractivity contribution in [3.63, 3.8) is 0 Å². The van der Waals surface area contributed by atoms with Gasteiger partial charge in [0.2, 0.25) is 12.7 Å². The van der Waals surface area contributed by atoms with E-state index in [-0.39, 0.29) is 36.4 Å². The lowest BCUT2D eigenvalue weighted by molar-refractivity contribution is -0.134. The number of amides is 2. The first-order valence-corrected chi connectivity index (χ1v) is 12.9. The van der Waals surface area contributed by atoms with Gasteiger partial charge in [0.1, 0.15) is 5.70 Å². The summed E-state index contributed by atoms with van der Waals surface area (Å²) < 4.78 is 10.8. The standard InChI is InChI=1S/C27H29N3O4S/c1-17-7-10-21(11-8-17)30-26(32)22(13-20-9-12-23-24(14-20)34-16-33-23)28-27(30)35-15-25(31)29-18(2)5-4-6-19(29)3/h7-14,18-19H,4-6,15-16H2,1-3H3/b22-13-. The molecule has 3 heterocycles. The molecule has 8 heteroatoms. The summed E-state index contributed by atoms with van der Waals surface area (Å²) in [5, 5.41) is 0.511. The van der Waals surface area contributed by atoms with Crippen molar-refractivity contribution in [1.29, 1.82) is 0 Å². The summed E-state index contributed by atoms with van der Waals surface area (Å²) in [5.41, 5.74) is 2.95. The number of amidine groups is 1. The number of aliphatic imine (C=N–C) groups is 1. The van der Waals surface area contributed by atoms with Crippen LogP contribution in [0.1, 0.15) is 44.2 Å². The largest absolute Gasteiger partial charge is 0.454 e. The lowest BCUT2D eigenvalue weighted by Crippen LogP contribution is -2.48. The summed E-state index contributed by atoms with van der Waals surface area (Å²) in [7, 11) is 0. The predicted octanol–water partition coefficient (Wildman–Crippen LogP) is 4.99. The van der Waals surface area contributed by atoms with Crippen LogP contribution in [0.15, 0.2) is 53.2 Å². The molecule has 2 unspecified atom stereocenters. The zero-order chi connectivity index (χ0) is 24.5. The maximum absolute atomic E-state index is 13.5. The first-order chi connectivity index (χ1) is 16.9. The van der Waals surface area contributed by atoms with E-state index in [9.17, 15) is 9.59 Å². The molecular weight excluding hydrogens is 462 g/mol. The lowest BCUT2D eigenvalue weighted by atomic mass is 9.98. The first-order valence-electron chi connectivity index (χ1n) is 12.0.